The molecule has 102 valence electrons. The molecule has 1 saturated heterocycles. The molecule has 0 aromatic carbocycles. The van der Waals surface area contributed by atoms with Crippen molar-refractivity contribution in [3.63, 3.8) is 0 Å². The number of carboxylic acids is 2. The number of carbonyl (C=O) groups is 3. The van der Waals surface area contributed by atoms with Gasteiger partial charge in [0, 0.05) is 24.5 Å². The maximum Gasteiger partial charge on any atom is 0.327 e. The molecule has 0 aromatic rings. The third-order valence-corrected chi connectivity index (χ3v) is 3.71. The molecule has 0 radical (unpaired) electrons. The number of amides is 1. The van der Waals surface area contributed by atoms with E-state index in [2.05, 4.69) is 0 Å². The van der Waals surface area contributed by atoms with Crippen LogP contribution in [-0.2, 0) is 14.4 Å². The normalized spacial score (nSPS) is 21.4. The number of hydrogen-bond acceptors (Lipinski definition) is 5. The van der Waals surface area contributed by atoms with Gasteiger partial charge in [-0.1, -0.05) is 0 Å². The van der Waals surface area contributed by atoms with Crippen LogP contribution in [0.4, 0.5) is 0 Å². The summed E-state index contributed by atoms with van der Waals surface area (Å²) in [6.45, 7) is 0.335. The van der Waals surface area contributed by atoms with Crippen molar-refractivity contribution >= 4 is 29.6 Å². The second-order valence-corrected chi connectivity index (χ2v) is 5.15. The largest absolute Gasteiger partial charge is 0.481 e. The molecule has 7 nitrogen and oxygen atoms in total. The Morgan fingerprint density at radius 1 is 1.39 bits per heavy atom. The first kappa shape index (κ1) is 14.8. The van der Waals surface area contributed by atoms with Crippen LogP contribution in [0.1, 0.15) is 12.8 Å². The van der Waals surface area contributed by atoms with E-state index in [-0.39, 0.29) is 12.8 Å². The molecular formula is C10H16N2O5S. The summed E-state index contributed by atoms with van der Waals surface area (Å²) < 4.78 is 0. The molecule has 1 amide bonds. The van der Waals surface area contributed by atoms with Gasteiger partial charge in [0.2, 0.25) is 5.91 Å². The number of nitrogens with two attached hydrogens (primary N) is 1. The highest BCUT2D eigenvalue weighted by Gasteiger charge is 2.34. The maximum atomic E-state index is 12.0. The molecule has 2 unspecified atom stereocenters. The molecule has 0 saturated carbocycles. The SMILES string of the molecule is NC(CCC(=O)O)C(=O)N1CCSCC1C(=O)O. The fourth-order valence-corrected chi connectivity index (χ4v) is 2.73. The Kier molecular flexibility index (Phi) is 5.42. The van der Waals surface area contributed by atoms with Crippen LogP contribution in [-0.4, -0.2) is 63.1 Å². The minimum atomic E-state index is -1.05. The summed E-state index contributed by atoms with van der Waals surface area (Å²) in [6, 6.07) is -1.82. The minimum Gasteiger partial charge on any atom is -0.481 e. The number of carboxylic acid groups (broad SMARTS) is 2. The first-order chi connectivity index (χ1) is 8.43. The Morgan fingerprint density at radius 2 is 2.06 bits per heavy atom. The van der Waals surface area contributed by atoms with Crippen LogP contribution < -0.4 is 5.73 Å². The number of thioether (sulfide) groups is 1. The average Bonchev–Trinajstić information content (AvgIpc) is 2.34. The summed E-state index contributed by atoms with van der Waals surface area (Å²) >= 11 is 1.47. The average molecular weight is 276 g/mol. The third kappa shape index (κ3) is 3.88. The summed E-state index contributed by atoms with van der Waals surface area (Å²) in [4.78, 5) is 34.6. The van der Waals surface area contributed by atoms with E-state index in [1.54, 1.807) is 0 Å². The van der Waals surface area contributed by atoms with E-state index in [1.807, 2.05) is 0 Å². The lowest BCUT2D eigenvalue weighted by molar-refractivity contribution is -0.150. The molecule has 2 atom stereocenters. The van der Waals surface area contributed by atoms with Gasteiger partial charge in [0.15, 0.2) is 0 Å². The summed E-state index contributed by atoms with van der Waals surface area (Å²) in [5.41, 5.74) is 5.60. The van der Waals surface area contributed by atoms with Crippen molar-refractivity contribution in [2.75, 3.05) is 18.1 Å². The van der Waals surface area contributed by atoms with Crippen molar-refractivity contribution in [2.24, 2.45) is 5.73 Å². The number of rotatable bonds is 5. The van der Waals surface area contributed by atoms with Gasteiger partial charge in [-0.15, -0.1) is 0 Å². The lowest BCUT2D eigenvalue weighted by Gasteiger charge is -2.34. The summed E-state index contributed by atoms with van der Waals surface area (Å²) in [5, 5.41) is 17.5. The smallest absolute Gasteiger partial charge is 0.327 e. The standard InChI is InChI=1S/C10H16N2O5S/c11-6(1-2-8(13)14)9(15)12-3-4-18-5-7(12)10(16)17/h6-7H,1-5,11H2,(H,13,14)(H,16,17). The quantitative estimate of drug-likeness (QED) is 0.601. The summed E-state index contributed by atoms with van der Waals surface area (Å²) in [7, 11) is 0. The topological polar surface area (TPSA) is 121 Å². The number of nitrogens with zero attached hydrogens (tertiary/aromatic N) is 1. The van der Waals surface area contributed by atoms with Crippen LogP contribution in [0, 0.1) is 0 Å². The van der Waals surface area contributed by atoms with Crippen molar-refractivity contribution in [1.82, 2.24) is 4.90 Å². The van der Waals surface area contributed by atoms with Gasteiger partial charge in [-0.3, -0.25) is 9.59 Å². The van der Waals surface area contributed by atoms with Crippen LogP contribution in [0.3, 0.4) is 0 Å². The Morgan fingerprint density at radius 3 is 2.61 bits per heavy atom. The van der Waals surface area contributed by atoms with Crippen molar-refractivity contribution < 1.29 is 24.6 Å². The van der Waals surface area contributed by atoms with E-state index in [1.165, 1.54) is 16.7 Å². The zero-order chi connectivity index (χ0) is 13.7. The van der Waals surface area contributed by atoms with Crippen LogP contribution in [0.15, 0.2) is 0 Å². The minimum absolute atomic E-state index is 0.0180. The first-order valence-corrected chi connectivity index (χ1v) is 6.67. The van der Waals surface area contributed by atoms with E-state index in [0.717, 1.165) is 0 Å². The fraction of sp³-hybridized carbons (Fsp3) is 0.700. The van der Waals surface area contributed by atoms with Crippen molar-refractivity contribution in [2.45, 2.75) is 24.9 Å². The Balaban J connectivity index is 2.62. The van der Waals surface area contributed by atoms with Gasteiger partial charge in [0.25, 0.3) is 0 Å². The van der Waals surface area contributed by atoms with Gasteiger partial charge in [-0.05, 0) is 6.42 Å². The highest BCUT2D eigenvalue weighted by Crippen LogP contribution is 2.18. The van der Waals surface area contributed by atoms with Crippen LogP contribution >= 0.6 is 11.8 Å². The molecule has 1 heterocycles. The van der Waals surface area contributed by atoms with Crippen molar-refractivity contribution in [3.05, 3.63) is 0 Å². The van der Waals surface area contributed by atoms with Gasteiger partial charge in [0.05, 0.1) is 6.04 Å². The number of hydrogen-bond donors (Lipinski definition) is 3. The number of carbonyl (C=O) groups excluding carboxylic acids is 1. The predicted molar refractivity (Wildman–Crippen MR) is 65.3 cm³/mol. The summed E-state index contributed by atoms with van der Waals surface area (Å²) in [6.07, 6.45) is -0.183. The highest BCUT2D eigenvalue weighted by molar-refractivity contribution is 7.99. The summed E-state index contributed by atoms with van der Waals surface area (Å²) in [5.74, 6) is -1.55. The first-order valence-electron chi connectivity index (χ1n) is 5.52. The zero-order valence-corrected chi connectivity index (χ0v) is 10.6. The molecule has 1 aliphatic heterocycles. The van der Waals surface area contributed by atoms with Gasteiger partial charge >= 0.3 is 11.9 Å². The Bertz CT molecular complexity index is 349. The van der Waals surface area contributed by atoms with E-state index < -0.39 is 29.9 Å². The zero-order valence-electron chi connectivity index (χ0n) is 9.74. The molecule has 4 N–H and O–H groups in total. The molecule has 1 fully saturated rings. The molecule has 1 rings (SSSR count). The molecule has 0 bridgehead atoms. The molecule has 8 heteroatoms. The maximum absolute atomic E-state index is 12.0. The molecule has 18 heavy (non-hydrogen) atoms. The van der Waals surface area contributed by atoms with Gasteiger partial charge in [-0.2, -0.15) is 11.8 Å². The lowest BCUT2D eigenvalue weighted by Crippen LogP contribution is -2.55. The van der Waals surface area contributed by atoms with Gasteiger partial charge in [-0.25, -0.2) is 4.79 Å². The molecule has 0 aliphatic carbocycles. The van der Waals surface area contributed by atoms with Crippen LogP contribution in [0.5, 0.6) is 0 Å². The molecule has 0 spiro atoms. The fourth-order valence-electron chi connectivity index (χ4n) is 1.69. The molecule has 1 aliphatic rings. The van der Waals surface area contributed by atoms with E-state index >= 15 is 0 Å². The molecular weight excluding hydrogens is 260 g/mol. The third-order valence-electron chi connectivity index (χ3n) is 2.68. The predicted octanol–water partition coefficient (Wildman–Crippen LogP) is -0.793. The molecule has 0 aromatic heterocycles. The lowest BCUT2D eigenvalue weighted by atomic mass is 10.1. The van der Waals surface area contributed by atoms with Gasteiger partial charge < -0.3 is 20.8 Å². The van der Waals surface area contributed by atoms with Crippen molar-refractivity contribution in [1.29, 1.82) is 0 Å². The Labute approximate surface area is 108 Å². The van der Waals surface area contributed by atoms with E-state index in [4.69, 9.17) is 15.9 Å². The van der Waals surface area contributed by atoms with E-state index in [0.29, 0.717) is 18.1 Å². The van der Waals surface area contributed by atoms with Gasteiger partial charge in [0.1, 0.15) is 6.04 Å². The number of aliphatic carboxylic acids is 2. The second-order valence-electron chi connectivity index (χ2n) is 4.00. The van der Waals surface area contributed by atoms with E-state index in [9.17, 15) is 14.4 Å². The van der Waals surface area contributed by atoms with Crippen molar-refractivity contribution in [3.8, 4) is 0 Å². The second kappa shape index (κ2) is 6.60. The monoisotopic (exact) mass is 276 g/mol. The Hall–Kier alpha value is -1.28. The van der Waals surface area contributed by atoms with Crippen LogP contribution in [0.2, 0.25) is 0 Å². The highest BCUT2D eigenvalue weighted by atomic mass is 32.2. The van der Waals surface area contributed by atoms with Crippen LogP contribution in [0.25, 0.3) is 0 Å².